The minimum atomic E-state index is -0.876. The summed E-state index contributed by atoms with van der Waals surface area (Å²) in [6, 6.07) is 6.70. The number of rotatable bonds is 17. The highest BCUT2D eigenvalue weighted by Crippen LogP contribution is 2.32. The molecule has 1 saturated heterocycles. The number of halogens is 2. The lowest BCUT2D eigenvalue weighted by Gasteiger charge is -2.36. The first-order chi connectivity index (χ1) is 18.6. The van der Waals surface area contributed by atoms with Gasteiger partial charge in [-0.2, -0.15) is 0 Å². The first kappa shape index (κ1) is 39.4. The Morgan fingerprint density at radius 2 is 1.80 bits per heavy atom. The molecule has 41 heavy (non-hydrogen) atoms. The van der Waals surface area contributed by atoms with Crippen molar-refractivity contribution in [2.45, 2.75) is 71.9 Å². The van der Waals surface area contributed by atoms with Crippen LogP contribution in [-0.4, -0.2) is 75.6 Å². The molecule has 0 aromatic heterocycles. The molecule has 6 N–H and O–H groups in total. The third kappa shape index (κ3) is 13.1. The van der Waals surface area contributed by atoms with E-state index in [0.29, 0.717) is 37.5 Å². The van der Waals surface area contributed by atoms with Gasteiger partial charge in [0.05, 0.1) is 18.3 Å². The monoisotopic (exact) mass is 620 g/mol. The van der Waals surface area contributed by atoms with Crippen molar-refractivity contribution in [2.75, 3.05) is 46.5 Å². The second-order valence-corrected chi connectivity index (χ2v) is 11.7. The van der Waals surface area contributed by atoms with Crippen molar-refractivity contribution in [3.05, 3.63) is 29.8 Å². The molecule has 1 aliphatic rings. The topological polar surface area (TPSA) is 135 Å². The van der Waals surface area contributed by atoms with Crippen LogP contribution in [0.2, 0.25) is 0 Å². The summed E-state index contributed by atoms with van der Waals surface area (Å²) < 4.78 is 10.9. The summed E-state index contributed by atoms with van der Waals surface area (Å²) in [5.74, 6) is 0.855. The smallest absolute Gasteiger partial charge is 0.255 e. The number of unbranched alkanes of at least 4 members (excludes halogenated alkanes) is 1. The second-order valence-electron chi connectivity index (χ2n) is 11.7. The molecule has 2 amide bonds. The van der Waals surface area contributed by atoms with E-state index in [-0.39, 0.29) is 60.9 Å². The number of carbonyl (C=O) groups is 2. The van der Waals surface area contributed by atoms with Crippen molar-refractivity contribution in [1.29, 1.82) is 0 Å². The van der Waals surface area contributed by atoms with E-state index in [1.807, 2.05) is 26.0 Å². The van der Waals surface area contributed by atoms with Crippen LogP contribution in [0.1, 0.15) is 70.2 Å². The Hall–Kier alpha value is -1.62. The van der Waals surface area contributed by atoms with Gasteiger partial charge >= 0.3 is 0 Å². The maximum Gasteiger partial charge on any atom is 0.255 e. The SMILES string of the molecule is COCCCCOc1ccccc1C(=O)NC[C@@H](C[C@H](N)[C@@H](O)CNC(=O)C(C)(C)[C@@H]1CCCNC1)C(C)C.Cl.Cl. The van der Waals surface area contributed by atoms with Gasteiger partial charge in [0, 0.05) is 38.3 Å². The van der Waals surface area contributed by atoms with Crippen LogP contribution in [0.25, 0.3) is 0 Å². The minimum absolute atomic E-state index is 0. The van der Waals surface area contributed by atoms with Gasteiger partial charge in [-0.25, -0.2) is 0 Å². The number of benzene rings is 1. The Morgan fingerprint density at radius 1 is 1.12 bits per heavy atom. The Labute approximate surface area is 259 Å². The fourth-order valence-corrected chi connectivity index (χ4v) is 4.96. The lowest BCUT2D eigenvalue weighted by atomic mass is 9.74. The standard InChI is InChI=1S/C30H52N4O5.2ClH/c1-21(2)22(18-33-28(36)24-12-6-7-13-27(24)39-16-9-8-15-38-5)17-25(31)26(35)20-34-29(37)30(3,4)23-11-10-14-32-19-23;;/h6-7,12-13,21-23,25-26,32,35H,8-11,14-20,31H2,1-5H3,(H,33,36)(H,34,37);2*1H/t22-,23-,25+,26+;;/m1../s1. The number of para-hydroxylation sites is 1. The van der Waals surface area contributed by atoms with Crippen molar-refractivity contribution in [3.8, 4) is 5.75 Å². The summed E-state index contributed by atoms with van der Waals surface area (Å²) in [5, 5.41) is 20.1. The van der Waals surface area contributed by atoms with E-state index < -0.39 is 17.6 Å². The molecule has 1 aromatic carbocycles. The zero-order valence-corrected chi connectivity index (χ0v) is 27.1. The molecule has 9 nitrogen and oxygen atoms in total. The summed E-state index contributed by atoms with van der Waals surface area (Å²) in [6.07, 6.45) is 3.46. The van der Waals surface area contributed by atoms with Crippen LogP contribution < -0.4 is 26.4 Å². The number of aliphatic hydroxyl groups excluding tert-OH is 1. The molecule has 0 saturated carbocycles. The van der Waals surface area contributed by atoms with Crippen LogP contribution in [0.3, 0.4) is 0 Å². The normalized spacial score (nSPS) is 17.4. The van der Waals surface area contributed by atoms with E-state index in [2.05, 4.69) is 29.8 Å². The number of nitrogens with one attached hydrogen (secondary N) is 3. The van der Waals surface area contributed by atoms with E-state index in [9.17, 15) is 14.7 Å². The predicted molar refractivity (Wildman–Crippen MR) is 169 cm³/mol. The fourth-order valence-electron chi connectivity index (χ4n) is 4.96. The third-order valence-electron chi connectivity index (χ3n) is 8.04. The molecule has 0 radical (unpaired) electrons. The number of aliphatic hydroxyl groups is 1. The first-order valence-electron chi connectivity index (χ1n) is 14.5. The van der Waals surface area contributed by atoms with E-state index in [1.54, 1.807) is 19.2 Å². The van der Waals surface area contributed by atoms with Crippen molar-refractivity contribution < 1.29 is 24.2 Å². The Balaban J connectivity index is 0.00000800. The third-order valence-corrected chi connectivity index (χ3v) is 8.04. The zero-order valence-electron chi connectivity index (χ0n) is 25.4. The molecule has 1 aromatic rings. The largest absolute Gasteiger partial charge is 0.493 e. The summed E-state index contributed by atoms with van der Waals surface area (Å²) in [7, 11) is 1.67. The number of hydrogen-bond acceptors (Lipinski definition) is 7. The van der Waals surface area contributed by atoms with E-state index in [0.717, 1.165) is 38.8 Å². The summed E-state index contributed by atoms with van der Waals surface area (Å²) in [4.78, 5) is 25.9. The van der Waals surface area contributed by atoms with Crippen molar-refractivity contribution in [3.63, 3.8) is 0 Å². The maximum absolute atomic E-state index is 13.0. The van der Waals surface area contributed by atoms with E-state index >= 15 is 0 Å². The number of ether oxygens (including phenoxy) is 2. The van der Waals surface area contributed by atoms with E-state index in [1.165, 1.54) is 0 Å². The summed E-state index contributed by atoms with van der Waals surface area (Å²) in [5.41, 5.74) is 6.35. The van der Waals surface area contributed by atoms with Gasteiger partial charge < -0.3 is 36.3 Å². The van der Waals surface area contributed by atoms with Gasteiger partial charge in [0.2, 0.25) is 5.91 Å². The van der Waals surface area contributed by atoms with E-state index in [4.69, 9.17) is 15.2 Å². The maximum atomic E-state index is 13.0. The molecular weight excluding hydrogens is 567 g/mol. The second kappa shape index (κ2) is 20.3. The lowest BCUT2D eigenvalue weighted by Crippen LogP contribution is -2.51. The number of nitrogens with two attached hydrogens (primary N) is 1. The number of piperidine rings is 1. The van der Waals surface area contributed by atoms with Gasteiger partial charge in [-0.3, -0.25) is 9.59 Å². The first-order valence-corrected chi connectivity index (χ1v) is 14.5. The predicted octanol–water partition coefficient (Wildman–Crippen LogP) is 3.56. The van der Waals surface area contributed by atoms with Crippen molar-refractivity contribution >= 4 is 36.6 Å². The number of amides is 2. The van der Waals surface area contributed by atoms with Crippen LogP contribution in [-0.2, 0) is 9.53 Å². The van der Waals surface area contributed by atoms with Crippen LogP contribution >= 0.6 is 24.8 Å². The molecule has 0 bridgehead atoms. The number of methoxy groups -OCH3 is 1. The molecule has 0 spiro atoms. The Bertz CT molecular complexity index is 884. The zero-order chi connectivity index (χ0) is 28.8. The molecule has 1 fully saturated rings. The molecule has 2 rings (SSSR count). The fraction of sp³-hybridized carbons (Fsp3) is 0.733. The number of carbonyl (C=O) groups excluding carboxylic acids is 2. The molecule has 1 aliphatic heterocycles. The average molecular weight is 622 g/mol. The minimum Gasteiger partial charge on any atom is -0.493 e. The van der Waals surface area contributed by atoms with Gasteiger partial charge in [-0.05, 0) is 75.1 Å². The highest BCUT2D eigenvalue weighted by atomic mass is 35.5. The lowest BCUT2D eigenvalue weighted by molar-refractivity contribution is -0.133. The van der Waals surface area contributed by atoms with Gasteiger partial charge in [-0.1, -0.05) is 39.8 Å². The van der Waals surface area contributed by atoms with Gasteiger partial charge in [0.25, 0.3) is 5.91 Å². The quantitative estimate of drug-likeness (QED) is 0.168. The van der Waals surface area contributed by atoms with Crippen LogP contribution in [0.5, 0.6) is 5.75 Å². The molecular formula is C30H54Cl2N4O5. The number of hydrogen-bond donors (Lipinski definition) is 5. The van der Waals surface area contributed by atoms with Gasteiger partial charge in [0.1, 0.15) is 5.75 Å². The van der Waals surface area contributed by atoms with Crippen LogP contribution in [0.4, 0.5) is 0 Å². The highest BCUT2D eigenvalue weighted by molar-refractivity contribution is 5.96. The highest BCUT2D eigenvalue weighted by Gasteiger charge is 2.37. The molecule has 4 atom stereocenters. The molecule has 1 heterocycles. The van der Waals surface area contributed by atoms with Crippen molar-refractivity contribution in [2.24, 2.45) is 28.9 Å². The Kier molecular flexibility index (Phi) is 19.5. The van der Waals surface area contributed by atoms with Crippen molar-refractivity contribution in [1.82, 2.24) is 16.0 Å². The van der Waals surface area contributed by atoms with Gasteiger partial charge in [0.15, 0.2) is 0 Å². The molecule has 0 aliphatic carbocycles. The average Bonchev–Trinajstić information content (AvgIpc) is 2.93. The molecule has 0 unspecified atom stereocenters. The van der Waals surface area contributed by atoms with Gasteiger partial charge in [-0.15, -0.1) is 24.8 Å². The summed E-state index contributed by atoms with van der Waals surface area (Å²) >= 11 is 0. The molecule has 11 heteroatoms. The Morgan fingerprint density at radius 3 is 2.44 bits per heavy atom. The molecule has 238 valence electrons. The van der Waals surface area contributed by atoms with Crippen LogP contribution in [0, 0.1) is 23.2 Å². The summed E-state index contributed by atoms with van der Waals surface area (Å²) in [6.45, 7) is 11.6. The van der Waals surface area contributed by atoms with Crippen LogP contribution in [0.15, 0.2) is 24.3 Å².